The largest absolute Gasteiger partial charge is 0.496 e. The number of hydrogen-bond acceptors (Lipinski definition) is 2. The fourth-order valence-electron chi connectivity index (χ4n) is 2.45. The van der Waals surface area contributed by atoms with Gasteiger partial charge in [0.05, 0.1) is 7.11 Å². The molecule has 0 spiro atoms. The number of nitrogens with one attached hydrogen (secondary N) is 1. The van der Waals surface area contributed by atoms with Gasteiger partial charge in [-0.1, -0.05) is 19.1 Å². The number of aryl methyl sites for hydroxylation is 1. The summed E-state index contributed by atoms with van der Waals surface area (Å²) in [6.07, 6.45) is 3.58. The first-order valence-corrected chi connectivity index (χ1v) is 6.12. The third-order valence-electron chi connectivity index (χ3n) is 3.70. The standard InChI is InChI=1S/C14H21NO/c1-4-10-7-11(5-6-14(10)16-3)12-8-13(9-12)15-2/h5-7,12-13,15H,4,8-9H2,1-3H3. The van der Waals surface area contributed by atoms with Crippen LogP contribution in [0.1, 0.15) is 36.8 Å². The highest BCUT2D eigenvalue weighted by atomic mass is 16.5. The minimum absolute atomic E-state index is 0.720. The van der Waals surface area contributed by atoms with Crippen LogP contribution in [0.5, 0.6) is 5.75 Å². The third kappa shape index (κ3) is 2.07. The molecule has 1 aliphatic rings. The Kier molecular flexibility index (Phi) is 3.49. The van der Waals surface area contributed by atoms with Crippen LogP contribution in [0.15, 0.2) is 18.2 Å². The fraction of sp³-hybridized carbons (Fsp3) is 0.571. The van der Waals surface area contributed by atoms with E-state index in [1.807, 2.05) is 7.05 Å². The van der Waals surface area contributed by atoms with E-state index in [4.69, 9.17) is 4.74 Å². The zero-order chi connectivity index (χ0) is 11.5. The summed E-state index contributed by atoms with van der Waals surface area (Å²) in [5, 5.41) is 3.33. The van der Waals surface area contributed by atoms with Crippen molar-refractivity contribution in [1.29, 1.82) is 0 Å². The Hall–Kier alpha value is -1.02. The van der Waals surface area contributed by atoms with Crippen molar-refractivity contribution in [2.45, 2.75) is 38.1 Å². The topological polar surface area (TPSA) is 21.3 Å². The molecule has 0 unspecified atom stereocenters. The van der Waals surface area contributed by atoms with E-state index < -0.39 is 0 Å². The Morgan fingerprint density at radius 3 is 2.69 bits per heavy atom. The molecule has 1 N–H and O–H groups in total. The molecule has 0 bridgehead atoms. The summed E-state index contributed by atoms with van der Waals surface area (Å²) in [6, 6.07) is 7.36. The maximum Gasteiger partial charge on any atom is 0.122 e. The normalized spacial score (nSPS) is 23.9. The molecule has 2 heteroatoms. The predicted molar refractivity (Wildman–Crippen MR) is 67.2 cm³/mol. The van der Waals surface area contributed by atoms with Crippen LogP contribution in [0.3, 0.4) is 0 Å². The van der Waals surface area contributed by atoms with Crippen molar-refractivity contribution < 1.29 is 4.74 Å². The van der Waals surface area contributed by atoms with Gasteiger partial charge in [0.2, 0.25) is 0 Å². The minimum Gasteiger partial charge on any atom is -0.496 e. The Balaban J connectivity index is 2.11. The molecule has 0 aromatic heterocycles. The first-order valence-electron chi connectivity index (χ1n) is 6.12. The smallest absolute Gasteiger partial charge is 0.122 e. The SMILES string of the molecule is CCc1cc(C2CC(NC)C2)ccc1OC. The Labute approximate surface area is 98.0 Å². The molecule has 16 heavy (non-hydrogen) atoms. The van der Waals surface area contributed by atoms with Crippen molar-refractivity contribution in [3.8, 4) is 5.75 Å². The summed E-state index contributed by atoms with van der Waals surface area (Å²) < 4.78 is 5.35. The van der Waals surface area contributed by atoms with E-state index >= 15 is 0 Å². The van der Waals surface area contributed by atoms with Gasteiger partial charge in [-0.2, -0.15) is 0 Å². The second kappa shape index (κ2) is 4.88. The van der Waals surface area contributed by atoms with Crippen molar-refractivity contribution in [3.63, 3.8) is 0 Å². The number of rotatable bonds is 4. The lowest BCUT2D eigenvalue weighted by Crippen LogP contribution is -2.37. The molecule has 0 heterocycles. The Morgan fingerprint density at radius 2 is 2.12 bits per heavy atom. The van der Waals surface area contributed by atoms with Gasteiger partial charge in [-0.15, -0.1) is 0 Å². The lowest BCUT2D eigenvalue weighted by Gasteiger charge is -2.35. The zero-order valence-electron chi connectivity index (χ0n) is 10.4. The van der Waals surface area contributed by atoms with Gasteiger partial charge >= 0.3 is 0 Å². The van der Waals surface area contributed by atoms with E-state index in [1.54, 1.807) is 7.11 Å². The highest BCUT2D eigenvalue weighted by Gasteiger charge is 2.29. The van der Waals surface area contributed by atoms with Crippen LogP contribution in [0.4, 0.5) is 0 Å². The molecule has 0 radical (unpaired) electrons. The molecular weight excluding hydrogens is 198 g/mol. The average Bonchev–Trinajstić information content (AvgIpc) is 2.27. The molecule has 0 aliphatic heterocycles. The Morgan fingerprint density at radius 1 is 1.38 bits per heavy atom. The third-order valence-corrected chi connectivity index (χ3v) is 3.70. The van der Waals surface area contributed by atoms with Crippen LogP contribution in [-0.2, 0) is 6.42 Å². The molecule has 2 rings (SSSR count). The van der Waals surface area contributed by atoms with Gasteiger partial charge in [0.1, 0.15) is 5.75 Å². The lowest BCUT2D eigenvalue weighted by molar-refractivity contribution is 0.307. The molecule has 1 aliphatic carbocycles. The number of methoxy groups -OCH3 is 1. The number of hydrogen-bond donors (Lipinski definition) is 1. The summed E-state index contributed by atoms with van der Waals surface area (Å²) in [7, 11) is 3.79. The van der Waals surface area contributed by atoms with Crippen molar-refractivity contribution in [1.82, 2.24) is 5.32 Å². The van der Waals surface area contributed by atoms with E-state index in [9.17, 15) is 0 Å². The molecule has 88 valence electrons. The van der Waals surface area contributed by atoms with Gasteiger partial charge in [-0.05, 0) is 49.4 Å². The first-order chi connectivity index (χ1) is 7.78. The van der Waals surface area contributed by atoms with Crippen molar-refractivity contribution >= 4 is 0 Å². The van der Waals surface area contributed by atoms with Crippen LogP contribution in [0, 0.1) is 0 Å². The second-order valence-electron chi connectivity index (χ2n) is 4.58. The van der Waals surface area contributed by atoms with Crippen LogP contribution < -0.4 is 10.1 Å². The Bertz CT molecular complexity index is 356. The summed E-state index contributed by atoms with van der Waals surface area (Å²) in [6.45, 7) is 2.18. The first kappa shape index (κ1) is 11.5. The summed E-state index contributed by atoms with van der Waals surface area (Å²) in [5.74, 6) is 1.77. The van der Waals surface area contributed by atoms with Crippen molar-refractivity contribution in [2.24, 2.45) is 0 Å². The van der Waals surface area contributed by atoms with Gasteiger partial charge in [0.15, 0.2) is 0 Å². The number of ether oxygens (including phenoxy) is 1. The molecule has 0 amide bonds. The molecule has 0 saturated heterocycles. The van der Waals surface area contributed by atoms with Crippen LogP contribution in [0.25, 0.3) is 0 Å². The second-order valence-corrected chi connectivity index (χ2v) is 4.58. The summed E-state index contributed by atoms with van der Waals surface area (Å²) in [4.78, 5) is 0. The number of benzene rings is 1. The van der Waals surface area contributed by atoms with E-state index in [0.717, 1.165) is 24.1 Å². The zero-order valence-corrected chi connectivity index (χ0v) is 10.4. The predicted octanol–water partition coefficient (Wildman–Crippen LogP) is 2.72. The monoisotopic (exact) mass is 219 g/mol. The molecule has 1 aromatic rings. The van der Waals surface area contributed by atoms with E-state index in [0.29, 0.717) is 0 Å². The van der Waals surface area contributed by atoms with Gasteiger partial charge in [0, 0.05) is 6.04 Å². The maximum atomic E-state index is 5.35. The van der Waals surface area contributed by atoms with Gasteiger partial charge < -0.3 is 10.1 Å². The maximum absolute atomic E-state index is 5.35. The minimum atomic E-state index is 0.720. The van der Waals surface area contributed by atoms with Gasteiger partial charge in [-0.25, -0.2) is 0 Å². The molecular formula is C14H21NO. The lowest BCUT2D eigenvalue weighted by atomic mass is 9.75. The molecule has 0 atom stereocenters. The molecule has 2 nitrogen and oxygen atoms in total. The highest BCUT2D eigenvalue weighted by molar-refractivity contribution is 5.39. The van der Waals surface area contributed by atoms with E-state index in [2.05, 4.69) is 30.4 Å². The quantitative estimate of drug-likeness (QED) is 0.840. The van der Waals surface area contributed by atoms with Crippen molar-refractivity contribution in [2.75, 3.05) is 14.2 Å². The average molecular weight is 219 g/mol. The molecule has 1 aromatic carbocycles. The summed E-state index contributed by atoms with van der Waals surface area (Å²) >= 11 is 0. The van der Waals surface area contributed by atoms with E-state index in [1.165, 1.54) is 24.0 Å². The fourth-order valence-corrected chi connectivity index (χ4v) is 2.45. The molecule has 1 saturated carbocycles. The van der Waals surface area contributed by atoms with E-state index in [-0.39, 0.29) is 0 Å². The highest BCUT2D eigenvalue weighted by Crippen LogP contribution is 2.38. The van der Waals surface area contributed by atoms with Crippen LogP contribution in [-0.4, -0.2) is 20.2 Å². The molecule has 1 fully saturated rings. The van der Waals surface area contributed by atoms with Crippen LogP contribution in [0.2, 0.25) is 0 Å². The van der Waals surface area contributed by atoms with Crippen molar-refractivity contribution in [3.05, 3.63) is 29.3 Å². The van der Waals surface area contributed by atoms with Gasteiger partial charge in [0.25, 0.3) is 0 Å². The summed E-state index contributed by atoms with van der Waals surface area (Å²) in [5.41, 5.74) is 2.80. The van der Waals surface area contributed by atoms with Crippen LogP contribution >= 0.6 is 0 Å². The van der Waals surface area contributed by atoms with Gasteiger partial charge in [-0.3, -0.25) is 0 Å².